The van der Waals surface area contributed by atoms with Crippen molar-refractivity contribution in [3.05, 3.63) is 33.8 Å². The number of benzene rings is 1. The van der Waals surface area contributed by atoms with Gasteiger partial charge in [-0.3, -0.25) is 4.90 Å². The van der Waals surface area contributed by atoms with E-state index in [1.54, 1.807) is 0 Å². The fourth-order valence-electron chi connectivity index (χ4n) is 1.77. The minimum Gasteiger partial charge on any atom is -0.314 e. The Hall–Kier alpha value is 0.01000. The third kappa shape index (κ3) is 3.79. The molecular formula is C11H15Cl3N2. The van der Waals surface area contributed by atoms with Crippen molar-refractivity contribution in [2.45, 2.75) is 6.54 Å². The molecule has 0 unspecified atom stereocenters. The summed E-state index contributed by atoms with van der Waals surface area (Å²) in [6.07, 6.45) is 0. The van der Waals surface area contributed by atoms with Gasteiger partial charge in [-0.2, -0.15) is 0 Å². The molecule has 16 heavy (non-hydrogen) atoms. The Morgan fingerprint density at radius 2 is 1.88 bits per heavy atom. The number of nitrogens with one attached hydrogen (secondary N) is 1. The van der Waals surface area contributed by atoms with E-state index in [9.17, 15) is 0 Å². The molecule has 0 saturated carbocycles. The lowest BCUT2D eigenvalue weighted by Crippen LogP contribution is -2.42. The highest BCUT2D eigenvalue weighted by Gasteiger charge is 2.11. The van der Waals surface area contributed by atoms with E-state index in [0.717, 1.165) is 48.3 Å². The van der Waals surface area contributed by atoms with Crippen LogP contribution < -0.4 is 5.32 Å². The number of piperazine rings is 1. The molecule has 0 atom stereocenters. The maximum atomic E-state index is 6.11. The molecule has 0 aliphatic carbocycles. The van der Waals surface area contributed by atoms with E-state index in [1.807, 2.05) is 18.2 Å². The highest BCUT2D eigenvalue weighted by Crippen LogP contribution is 2.22. The van der Waals surface area contributed by atoms with Gasteiger partial charge in [0.2, 0.25) is 0 Å². The molecule has 0 amide bonds. The molecule has 1 aromatic carbocycles. The summed E-state index contributed by atoms with van der Waals surface area (Å²) in [6.45, 7) is 5.14. The molecule has 5 heteroatoms. The van der Waals surface area contributed by atoms with Crippen molar-refractivity contribution >= 4 is 35.6 Å². The van der Waals surface area contributed by atoms with Crippen LogP contribution in [0.5, 0.6) is 0 Å². The van der Waals surface area contributed by atoms with Gasteiger partial charge in [0.15, 0.2) is 0 Å². The average Bonchev–Trinajstić information content (AvgIpc) is 2.25. The second-order valence-corrected chi connectivity index (χ2v) is 4.61. The Morgan fingerprint density at radius 3 is 2.56 bits per heavy atom. The first-order valence-electron chi connectivity index (χ1n) is 5.13. The number of hydrogen-bond donors (Lipinski definition) is 1. The van der Waals surface area contributed by atoms with Gasteiger partial charge in [-0.1, -0.05) is 23.2 Å². The van der Waals surface area contributed by atoms with E-state index in [0.29, 0.717) is 0 Å². The van der Waals surface area contributed by atoms with E-state index in [-0.39, 0.29) is 12.4 Å². The third-order valence-corrected chi connectivity index (χ3v) is 3.22. The predicted octanol–water partition coefficient (Wildman–Crippen LogP) is 2.82. The van der Waals surface area contributed by atoms with Crippen LogP contribution in [-0.2, 0) is 6.54 Å². The molecule has 90 valence electrons. The maximum absolute atomic E-state index is 6.11. The normalized spacial score (nSPS) is 16.9. The van der Waals surface area contributed by atoms with E-state index in [4.69, 9.17) is 23.2 Å². The van der Waals surface area contributed by atoms with Crippen molar-refractivity contribution in [1.82, 2.24) is 10.2 Å². The summed E-state index contributed by atoms with van der Waals surface area (Å²) in [5, 5.41) is 4.88. The van der Waals surface area contributed by atoms with Crippen molar-refractivity contribution in [3.63, 3.8) is 0 Å². The third-order valence-electron chi connectivity index (χ3n) is 2.61. The van der Waals surface area contributed by atoms with Gasteiger partial charge in [-0.15, -0.1) is 12.4 Å². The van der Waals surface area contributed by atoms with Crippen molar-refractivity contribution < 1.29 is 0 Å². The second kappa shape index (κ2) is 6.67. The second-order valence-electron chi connectivity index (χ2n) is 3.76. The maximum Gasteiger partial charge on any atom is 0.0452 e. The number of rotatable bonds is 2. The summed E-state index contributed by atoms with van der Waals surface area (Å²) >= 11 is 12.1. The summed E-state index contributed by atoms with van der Waals surface area (Å²) in [6, 6.07) is 5.64. The number of nitrogens with zero attached hydrogens (tertiary/aromatic N) is 1. The lowest BCUT2D eigenvalue weighted by Gasteiger charge is -2.27. The van der Waals surface area contributed by atoms with Gasteiger partial charge in [0.05, 0.1) is 0 Å². The summed E-state index contributed by atoms with van der Waals surface area (Å²) in [7, 11) is 0. The standard InChI is InChI=1S/C11H14Cl2N2.ClH/c12-10-1-2-11(13)9(7-10)8-15-5-3-14-4-6-15;/h1-2,7,14H,3-6,8H2;1H. The molecule has 1 N–H and O–H groups in total. The molecule has 1 aliphatic heterocycles. The lowest BCUT2D eigenvalue weighted by molar-refractivity contribution is 0.233. The molecule has 0 radical (unpaired) electrons. The van der Waals surface area contributed by atoms with Crippen LogP contribution in [0.4, 0.5) is 0 Å². The largest absolute Gasteiger partial charge is 0.314 e. The van der Waals surface area contributed by atoms with E-state index in [1.165, 1.54) is 0 Å². The Morgan fingerprint density at radius 1 is 1.19 bits per heavy atom. The van der Waals surface area contributed by atoms with Crippen LogP contribution >= 0.6 is 35.6 Å². The smallest absolute Gasteiger partial charge is 0.0452 e. The van der Waals surface area contributed by atoms with Crippen LogP contribution in [0.2, 0.25) is 10.0 Å². The first-order valence-corrected chi connectivity index (χ1v) is 5.88. The van der Waals surface area contributed by atoms with Crippen LogP contribution in [0, 0.1) is 0 Å². The number of halogens is 3. The van der Waals surface area contributed by atoms with Crippen LogP contribution in [0.1, 0.15) is 5.56 Å². The molecular weight excluding hydrogens is 266 g/mol. The Balaban J connectivity index is 0.00000128. The highest BCUT2D eigenvalue weighted by molar-refractivity contribution is 6.33. The van der Waals surface area contributed by atoms with Gasteiger partial charge >= 0.3 is 0 Å². The Bertz CT molecular complexity index is 338. The lowest BCUT2D eigenvalue weighted by atomic mass is 10.2. The van der Waals surface area contributed by atoms with Gasteiger partial charge in [0, 0.05) is 42.8 Å². The molecule has 1 saturated heterocycles. The Labute approximate surface area is 112 Å². The van der Waals surface area contributed by atoms with Crippen molar-refractivity contribution in [1.29, 1.82) is 0 Å². The van der Waals surface area contributed by atoms with E-state index in [2.05, 4.69) is 10.2 Å². The minimum absolute atomic E-state index is 0. The molecule has 0 aromatic heterocycles. The van der Waals surface area contributed by atoms with Crippen LogP contribution in [0.15, 0.2) is 18.2 Å². The van der Waals surface area contributed by atoms with E-state index >= 15 is 0 Å². The Kier molecular flexibility index (Phi) is 5.87. The van der Waals surface area contributed by atoms with Gasteiger partial charge in [0.1, 0.15) is 0 Å². The highest BCUT2D eigenvalue weighted by atomic mass is 35.5. The zero-order chi connectivity index (χ0) is 10.7. The molecule has 1 heterocycles. The van der Waals surface area contributed by atoms with Gasteiger partial charge in [-0.05, 0) is 23.8 Å². The van der Waals surface area contributed by atoms with Crippen molar-refractivity contribution in [2.24, 2.45) is 0 Å². The summed E-state index contributed by atoms with van der Waals surface area (Å²) in [5.41, 5.74) is 1.12. The fourth-order valence-corrected chi connectivity index (χ4v) is 2.15. The molecule has 0 spiro atoms. The zero-order valence-corrected chi connectivity index (χ0v) is 11.2. The van der Waals surface area contributed by atoms with Crippen LogP contribution in [0.3, 0.4) is 0 Å². The molecule has 2 rings (SSSR count). The molecule has 1 fully saturated rings. The summed E-state index contributed by atoms with van der Waals surface area (Å²) < 4.78 is 0. The minimum atomic E-state index is 0. The topological polar surface area (TPSA) is 15.3 Å². The molecule has 1 aromatic rings. The molecule has 2 nitrogen and oxygen atoms in total. The first kappa shape index (κ1) is 14.1. The first-order chi connectivity index (χ1) is 7.25. The summed E-state index contributed by atoms with van der Waals surface area (Å²) in [4.78, 5) is 2.38. The van der Waals surface area contributed by atoms with Gasteiger partial charge in [-0.25, -0.2) is 0 Å². The van der Waals surface area contributed by atoms with Gasteiger partial charge in [0.25, 0.3) is 0 Å². The van der Waals surface area contributed by atoms with Crippen molar-refractivity contribution in [3.8, 4) is 0 Å². The van der Waals surface area contributed by atoms with E-state index < -0.39 is 0 Å². The van der Waals surface area contributed by atoms with Crippen LogP contribution in [-0.4, -0.2) is 31.1 Å². The van der Waals surface area contributed by atoms with Gasteiger partial charge < -0.3 is 5.32 Å². The average molecular weight is 282 g/mol. The predicted molar refractivity (Wildman–Crippen MR) is 71.9 cm³/mol. The molecule has 1 aliphatic rings. The number of hydrogen-bond acceptors (Lipinski definition) is 2. The SMILES string of the molecule is Cl.Clc1ccc(Cl)c(CN2CCNCC2)c1. The van der Waals surface area contributed by atoms with Crippen molar-refractivity contribution in [2.75, 3.05) is 26.2 Å². The zero-order valence-electron chi connectivity index (χ0n) is 8.88. The fraction of sp³-hybridized carbons (Fsp3) is 0.455. The molecule has 0 bridgehead atoms. The summed E-state index contributed by atoms with van der Waals surface area (Å²) in [5.74, 6) is 0. The monoisotopic (exact) mass is 280 g/mol. The van der Waals surface area contributed by atoms with Crippen LogP contribution in [0.25, 0.3) is 0 Å². The quantitative estimate of drug-likeness (QED) is 0.897.